The maximum absolute atomic E-state index is 12.0. The predicted octanol–water partition coefficient (Wildman–Crippen LogP) is 2.85. The first-order valence-corrected chi connectivity index (χ1v) is 7.69. The van der Waals surface area contributed by atoms with Crippen LogP contribution in [0, 0.1) is 5.92 Å². The Kier molecular flexibility index (Phi) is 5.60. The van der Waals surface area contributed by atoms with E-state index in [9.17, 15) is 9.90 Å². The highest BCUT2D eigenvalue weighted by molar-refractivity contribution is 5.83. The molecule has 0 bridgehead atoms. The van der Waals surface area contributed by atoms with E-state index >= 15 is 0 Å². The lowest BCUT2D eigenvalue weighted by Gasteiger charge is -2.15. The molecule has 2 N–H and O–H groups in total. The van der Waals surface area contributed by atoms with E-state index in [1.165, 1.54) is 0 Å². The normalized spacial score (nSPS) is 23.5. The monoisotopic (exact) mass is 275 g/mol. The molecule has 1 aliphatic carbocycles. The minimum absolute atomic E-state index is 0.0863. The van der Waals surface area contributed by atoms with Gasteiger partial charge in [-0.1, -0.05) is 36.8 Å². The molecule has 1 aromatic carbocycles. The molecule has 3 atom stereocenters. The highest BCUT2D eigenvalue weighted by Gasteiger charge is 2.24. The van der Waals surface area contributed by atoms with E-state index in [1.54, 1.807) is 0 Å². The Morgan fingerprint density at radius 2 is 2.10 bits per heavy atom. The van der Waals surface area contributed by atoms with Crippen LogP contribution in [0.15, 0.2) is 30.3 Å². The summed E-state index contributed by atoms with van der Waals surface area (Å²) in [5.74, 6) is 0.426. The van der Waals surface area contributed by atoms with Gasteiger partial charge in [-0.15, -0.1) is 0 Å². The van der Waals surface area contributed by atoms with Crippen molar-refractivity contribution in [1.82, 2.24) is 5.32 Å². The first-order valence-electron chi connectivity index (χ1n) is 7.69. The molecular formula is C17H25NO2. The van der Waals surface area contributed by atoms with Gasteiger partial charge < -0.3 is 10.4 Å². The zero-order chi connectivity index (χ0) is 14.4. The Hall–Kier alpha value is -1.35. The largest absolute Gasteiger partial charge is 0.393 e. The molecule has 0 radical (unpaired) electrons. The topological polar surface area (TPSA) is 49.3 Å². The van der Waals surface area contributed by atoms with Crippen LogP contribution in [0.3, 0.4) is 0 Å². The molecular weight excluding hydrogens is 250 g/mol. The third-order valence-electron chi connectivity index (χ3n) is 4.36. The molecule has 20 heavy (non-hydrogen) atoms. The van der Waals surface area contributed by atoms with Crippen molar-refractivity contribution in [3.63, 3.8) is 0 Å². The van der Waals surface area contributed by atoms with Gasteiger partial charge in [-0.3, -0.25) is 4.79 Å². The summed E-state index contributed by atoms with van der Waals surface area (Å²) >= 11 is 0. The zero-order valence-corrected chi connectivity index (χ0v) is 12.2. The summed E-state index contributed by atoms with van der Waals surface area (Å²) in [6.07, 6.45) is 5.07. The SMILES string of the molecule is C[C@H](C(=O)NCCC[C@@H]1CCC[C@H]1O)c1ccccc1. The van der Waals surface area contributed by atoms with Crippen molar-refractivity contribution in [3.8, 4) is 0 Å². The van der Waals surface area contributed by atoms with E-state index in [0.29, 0.717) is 12.5 Å². The van der Waals surface area contributed by atoms with E-state index in [0.717, 1.165) is 37.7 Å². The van der Waals surface area contributed by atoms with Crippen molar-refractivity contribution in [2.45, 2.75) is 51.0 Å². The second-order valence-electron chi connectivity index (χ2n) is 5.82. The van der Waals surface area contributed by atoms with Gasteiger partial charge in [0.05, 0.1) is 12.0 Å². The molecule has 1 amide bonds. The summed E-state index contributed by atoms with van der Waals surface area (Å²) in [5.41, 5.74) is 1.05. The van der Waals surface area contributed by atoms with E-state index in [2.05, 4.69) is 5.32 Å². The molecule has 3 heteroatoms. The molecule has 2 rings (SSSR count). The van der Waals surface area contributed by atoms with Gasteiger partial charge in [-0.2, -0.15) is 0 Å². The van der Waals surface area contributed by atoms with E-state index in [4.69, 9.17) is 0 Å². The average molecular weight is 275 g/mol. The van der Waals surface area contributed by atoms with Crippen LogP contribution in [0.2, 0.25) is 0 Å². The van der Waals surface area contributed by atoms with Crippen LogP contribution in [0.1, 0.15) is 50.5 Å². The predicted molar refractivity (Wildman–Crippen MR) is 80.4 cm³/mol. The summed E-state index contributed by atoms with van der Waals surface area (Å²) in [7, 11) is 0. The third-order valence-corrected chi connectivity index (χ3v) is 4.36. The molecule has 0 saturated heterocycles. The van der Waals surface area contributed by atoms with Crippen molar-refractivity contribution in [2.24, 2.45) is 5.92 Å². The van der Waals surface area contributed by atoms with Crippen molar-refractivity contribution < 1.29 is 9.90 Å². The number of carbonyl (C=O) groups is 1. The first kappa shape index (κ1) is 15.0. The van der Waals surface area contributed by atoms with Gasteiger partial charge in [0.15, 0.2) is 0 Å². The maximum Gasteiger partial charge on any atom is 0.227 e. The fourth-order valence-corrected chi connectivity index (χ4v) is 2.98. The number of carbonyl (C=O) groups excluding carboxylic acids is 1. The van der Waals surface area contributed by atoms with Gasteiger partial charge >= 0.3 is 0 Å². The second-order valence-corrected chi connectivity index (χ2v) is 5.82. The maximum atomic E-state index is 12.0. The van der Waals surface area contributed by atoms with Crippen LogP contribution in [0.4, 0.5) is 0 Å². The molecule has 0 heterocycles. The highest BCUT2D eigenvalue weighted by Crippen LogP contribution is 2.28. The lowest BCUT2D eigenvalue weighted by molar-refractivity contribution is -0.122. The van der Waals surface area contributed by atoms with Gasteiger partial charge in [0.1, 0.15) is 0 Å². The molecule has 110 valence electrons. The standard InChI is InChI=1S/C17H25NO2/c1-13(14-7-3-2-4-8-14)17(20)18-12-6-10-15-9-5-11-16(15)19/h2-4,7-8,13,15-16,19H,5-6,9-12H2,1H3,(H,18,20)/t13-,15-,16+/m0/s1. The highest BCUT2D eigenvalue weighted by atomic mass is 16.3. The van der Waals surface area contributed by atoms with Crippen LogP contribution < -0.4 is 5.32 Å². The van der Waals surface area contributed by atoms with Crippen LogP contribution in [-0.2, 0) is 4.79 Å². The van der Waals surface area contributed by atoms with E-state index in [1.807, 2.05) is 37.3 Å². The molecule has 1 aromatic rings. The van der Waals surface area contributed by atoms with Gasteiger partial charge in [0, 0.05) is 6.54 Å². The Morgan fingerprint density at radius 3 is 2.75 bits per heavy atom. The number of aliphatic hydroxyl groups is 1. The molecule has 1 saturated carbocycles. The molecule has 0 unspecified atom stereocenters. The Morgan fingerprint density at radius 1 is 1.35 bits per heavy atom. The van der Waals surface area contributed by atoms with E-state index in [-0.39, 0.29) is 17.9 Å². The summed E-state index contributed by atoms with van der Waals surface area (Å²) in [4.78, 5) is 12.0. The minimum atomic E-state index is -0.117. The first-order chi connectivity index (χ1) is 9.68. The minimum Gasteiger partial charge on any atom is -0.393 e. The van der Waals surface area contributed by atoms with Crippen molar-refractivity contribution in [3.05, 3.63) is 35.9 Å². The van der Waals surface area contributed by atoms with E-state index < -0.39 is 0 Å². The fourth-order valence-electron chi connectivity index (χ4n) is 2.98. The molecule has 0 aromatic heterocycles. The van der Waals surface area contributed by atoms with Gasteiger partial charge in [0.2, 0.25) is 5.91 Å². The van der Waals surface area contributed by atoms with Gasteiger partial charge in [-0.25, -0.2) is 0 Å². The number of hydrogen-bond donors (Lipinski definition) is 2. The Labute approximate surface area is 121 Å². The average Bonchev–Trinajstić information content (AvgIpc) is 2.89. The van der Waals surface area contributed by atoms with Crippen LogP contribution in [-0.4, -0.2) is 23.7 Å². The zero-order valence-electron chi connectivity index (χ0n) is 12.2. The molecule has 3 nitrogen and oxygen atoms in total. The summed E-state index contributed by atoms with van der Waals surface area (Å²) in [5, 5.41) is 12.7. The van der Waals surface area contributed by atoms with Gasteiger partial charge in [-0.05, 0) is 44.1 Å². The number of rotatable bonds is 6. The smallest absolute Gasteiger partial charge is 0.227 e. The van der Waals surface area contributed by atoms with Crippen LogP contribution in [0.5, 0.6) is 0 Å². The number of benzene rings is 1. The fraction of sp³-hybridized carbons (Fsp3) is 0.588. The number of hydrogen-bond acceptors (Lipinski definition) is 2. The molecule has 0 aliphatic heterocycles. The summed E-state index contributed by atoms with van der Waals surface area (Å²) < 4.78 is 0. The Bertz CT molecular complexity index is 418. The Balaban J connectivity index is 1.67. The number of nitrogens with one attached hydrogen (secondary N) is 1. The lowest BCUT2D eigenvalue weighted by atomic mass is 9.99. The third kappa shape index (κ3) is 4.07. The molecule has 0 spiro atoms. The second kappa shape index (κ2) is 7.44. The van der Waals surface area contributed by atoms with Crippen molar-refractivity contribution in [2.75, 3.05) is 6.54 Å². The van der Waals surface area contributed by atoms with Crippen LogP contribution >= 0.6 is 0 Å². The summed E-state index contributed by atoms with van der Waals surface area (Å²) in [6.45, 7) is 2.64. The van der Waals surface area contributed by atoms with Crippen molar-refractivity contribution in [1.29, 1.82) is 0 Å². The van der Waals surface area contributed by atoms with Crippen molar-refractivity contribution >= 4 is 5.91 Å². The number of aliphatic hydroxyl groups excluding tert-OH is 1. The summed E-state index contributed by atoms with van der Waals surface area (Å²) in [6, 6.07) is 9.85. The van der Waals surface area contributed by atoms with Gasteiger partial charge in [0.25, 0.3) is 0 Å². The molecule has 1 fully saturated rings. The van der Waals surface area contributed by atoms with Crippen LogP contribution in [0.25, 0.3) is 0 Å². The lowest BCUT2D eigenvalue weighted by Crippen LogP contribution is -2.29. The quantitative estimate of drug-likeness (QED) is 0.784. The number of amides is 1. The molecule has 1 aliphatic rings.